The van der Waals surface area contributed by atoms with Crippen molar-refractivity contribution in [3.63, 3.8) is 0 Å². The number of aryl methyl sites for hydroxylation is 1. The van der Waals surface area contributed by atoms with Gasteiger partial charge in [-0.1, -0.05) is 23.7 Å². The molecular weight excluding hydrogens is 386 g/mol. The molecule has 1 spiro atoms. The number of carbonyl (C=O) groups is 3. The molecule has 2 heterocycles. The Labute approximate surface area is 165 Å². The molecule has 4 rings (SSSR count). The van der Waals surface area contributed by atoms with Crippen molar-refractivity contribution < 1.29 is 14.4 Å². The van der Waals surface area contributed by atoms with Gasteiger partial charge in [-0.25, -0.2) is 4.79 Å². The topological polar surface area (TPSA) is 78.5 Å². The molecule has 1 atom stereocenters. The number of nitrogens with one attached hydrogen (secondary N) is 2. The molecule has 6 nitrogen and oxygen atoms in total. The predicted octanol–water partition coefficient (Wildman–Crippen LogP) is 2.80. The fourth-order valence-corrected chi connectivity index (χ4v) is 4.81. The summed E-state index contributed by atoms with van der Waals surface area (Å²) in [7, 11) is 0. The van der Waals surface area contributed by atoms with Crippen LogP contribution in [0.4, 0.5) is 4.79 Å². The van der Waals surface area contributed by atoms with E-state index in [0.717, 1.165) is 33.7 Å². The molecule has 1 aromatic carbocycles. The average Bonchev–Trinajstić information content (AvgIpc) is 3.22. The lowest BCUT2D eigenvalue weighted by atomic mass is 9.80. The zero-order valence-electron chi connectivity index (χ0n) is 14.5. The van der Waals surface area contributed by atoms with Crippen LogP contribution in [-0.2, 0) is 28.1 Å². The maximum atomic E-state index is 13.1. The van der Waals surface area contributed by atoms with Crippen molar-refractivity contribution in [1.82, 2.24) is 15.5 Å². The van der Waals surface area contributed by atoms with Crippen molar-refractivity contribution in [2.24, 2.45) is 0 Å². The van der Waals surface area contributed by atoms with Gasteiger partial charge >= 0.3 is 6.03 Å². The van der Waals surface area contributed by atoms with Crippen LogP contribution < -0.4 is 10.6 Å². The zero-order chi connectivity index (χ0) is 19.0. The van der Waals surface area contributed by atoms with Gasteiger partial charge in [0.05, 0.1) is 0 Å². The van der Waals surface area contributed by atoms with E-state index < -0.39 is 11.6 Å². The van der Waals surface area contributed by atoms with E-state index in [1.54, 1.807) is 23.5 Å². The summed E-state index contributed by atoms with van der Waals surface area (Å²) in [5.74, 6) is -0.722. The van der Waals surface area contributed by atoms with Crippen molar-refractivity contribution in [2.45, 2.75) is 31.3 Å². The molecule has 8 heteroatoms. The molecule has 0 radical (unpaired) electrons. The van der Waals surface area contributed by atoms with Gasteiger partial charge in [0.1, 0.15) is 12.1 Å². The van der Waals surface area contributed by atoms with E-state index in [-0.39, 0.29) is 18.4 Å². The third-order valence-electron chi connectivity index (χ3n) is 5.04. The van der Waals surface area contributed by atoms with Crippen molar-refractivity contribution in [1.29, 1.82) is 0 Å². The zero-order valence-corrected chi connectivity index (χ0v) is 16.0. The molecule has 1 fully saturated rings. The molecule has 2 N–H and O–H groups in total. The van der Waals surface area contributed by atoms with Gasteiger partial charge in [0.2, 0.25) is 5.91 Å². The van der Waals surface area contributed by atoms with Gasteiger partial charge in [-0.3, -0.25) is 14.5 Å². The molecule has 0 bridgehead atoms. The number of benzene rings is 1. The lowest BCUT2D eigenvalue weighted by Gasteiger charge is -2.31. The van der Waals surface area contributed by atoms with E-state index in [2.05, 4.69) is 10.6 Å². The lowest BCUT2D eigenvalue weighted by molar-refractivity contribution is -0.135. The Morgan fingerprint density at radius 1 is 1.26 bits per heavy atom. The predicted molar refractivity (Wildman–Crippen MR) is 102 cm³/mol. The monoisotopic (exact) mass is 403 g/mol. The molecule has 4 amide bonds. The number of thiophene rings is 1. The number of fused-ring (bicyclic) bond motifs is 2. The Morgan fingerprint density at radius 3 is 2.81 bits per heavy atom. The number of rotatable bonds is 4. The summed E-state index contributed by atoms with van der Waals surface area (Å²) < 4.78 is 0. The van der Waals surface area contributed by atoms with E-state index in [9.17, 15) is 14.4 Å². The van der Waals surface area contributed by atoms with Gasteiger partial charge < -0.3 is 10.6 Å². The highest BCUT2D eigenvalue weighted by Crippen LogP contribution is 2.41. The fourth-order valence-electron chi connectivity index (χ4n) is 3.69. The van der Waals surface area contributed by atoms with Crippen LogP contribution in [0.2, 0.25) is 5.02 Å². The van der Waals surface area contributed by atoms with Crippen molar-refractivity contribution in [3.05, 3.63) is 56.7 Å². The number of carbonyl (C=O) groups excluding carboxylic acids is 3. The molecular formula is C19H18ClN3O3S. The highest BCUT2D eigenvalue weighted by molar-refractivity contribution is 7.10. The highest BCUT2D eigenvalue weighted by atomic mass is 35.5. The first kappa shape index (κ1) is 18.0. The number of hydrogen-bond donors (Lipinski definition) is 2. The largest absolute Gasteiger partial charge is 0.350 e. The third kappa shape index (κ3) is 3.21. The second-order valence-electron chi connectivity index (χ2n) is 6.74. The van der Waals surface area contributed by atoms with Crippen LogP contribution in [0.25, 0.3) is 0 Å². The summed E-state index contributed by atoms with van der Waals surface area (Å²) in [6.07, 6.45) is 2.31. The van der Waals surface area contributed by atoms with Crippen molar-refractivity contribution in [3.8, 4) is 0 Å². The molecule has 140 valence electrons. The quantitative estimate of drug-likeness (QED) is 0.770. The van der Waals surface area contributed by atoms with Crippen LogP contribution in [0.15, 0.2) is 35.7 Å². The number of nitrogens with zero attached hydrogens (tertiary/aromatic N) is 1. The number of hydrogen-bond acceptors (Lipinski definition) is 4. The first-order valence-corrected chi connectivity index (χ1v) is 9.97. The summed E-state index contributed by atoms with van der Waals surface area (Å²) in [4.78, 5) is 39.9. The van der Waals surface area contributed by atoms with E-state index >= 15 is 0 Å². The van der Waals surface area contributed by atoms with Gasteiger partial charge in [0.25, 0.3) is 5.91 Å². The number of amides is 4. The SMILES string of the molecule is O=C(CN1C(=O)N[C@@]2(CCCc3sccc32)C1=O)NCc1ccc(Cl)cc1. The Morgan fingerprint density at radius 2 is 2.04 bits per heavy atom. The maximum absolute atomic E-state index is 13.1. The van der Waals surface area contributed by atoms with Crippen LogP contribution in [0, 0.1) is 0 Å². The minimum atomic E-state index is -1.01. The number of urea groups is 1. The van der Waals surface area contributed by atoms with Crippen LogP contribution in [0.3, 0.4) is 0 Å². The molecule has 1 saturated heterocycles. The minimum absolute atomic E-state index is 0.292. The van der Waals surface area contributed by atoms with E-state index in [1.807, 2.05) is 23.6 Å². The Kier molecular flexibility index (Phi) is 4.65. The van der Waals surface area contributed by atoms with E-state index in [4.69, 9.17) is 11.6 Å². The first-order chi connectivity index (χ1) is 13.0. The molecule has 2 aromatic rings. The molecule has 2 aliphatic rings. The molecule has 0 unspecified atom stereocenters. The first-order valence-electron chi connectivity index (χ1n) is 8.72. The maximum Gasteiger partial charge on any atom is 0.325 e. The van der Waals surface area contributed by atoms with E-state index in [1.165, 1.54) is 0 Å². The van der Waals surface area contributed by atoms with Crippen LogP contribution in [-0.4, -0.2) is 29.3 Å². The molecule has 0 saturated carbocycles. The third-order valence-corrected chi connectivity index (χ3v) is 6.27. The van der Waals surface area contributed by atoms with Gasteiger partial charge in [-0.15, -0.1) is 11.3 Å². The standard InChI is InChI=1S/C19H18ClN3O3S/c20-13-5-3-12(4-6-13)10-21-16(24)11-23-17(25)19(22-18(23)26)8-1-2-15-14(19)7-9-27-15/h3-7,9H,1-2,8,10-11H2,(H,21,24)(H,22,26)/t19-/m1/s1. The van der Waals surface area contributed by atoms with Crippen molar-refractivity contribution >= 4 is 40.8 Å². The summed E-state index contributed by atoms with van der Waals surface area (Å²) in [6.45, 7) is 0.0128. The fraction of sp³-hybridized carbons (Fsp3) is 0.316. The van der Waals surface area contributed by atoms with Crippen LogP contribution in [0.5, 0.6) is 0 Å². The summed E-state index contributed by atoms with van der Waals surface area (Å²) in [5, 5.41) is 8.15. The second kappa shape index (κ2) is 6.98. The highest BCUT2D eigenvalue weighted by Gasteiger charge is 2.54. The minimum Gasteiger partial charge on any atom is -0.350 e. The number of halogens is 1. The Hall–Kier alpha value is -2.38. The van der Waals surface area contributed by atoms with Gasteiger partial charge in [-0.05, 0) is 48.4 Å². The number of imide groups is 1. The van der Waals surface area contributed by atoms with Gasteiger partial charge in [0.15, 0.2) is 0 Å². The van der Waals surface area contributed by atoms with Crippen molar-refractivity contribution in [2.75, 3.05) is 6.54 Å². The summed E-state index contributed by atoms with van der Waals surface area (Å²) in [5.41, 5.74) is 0.749. The molecule has 27 heavy (non-hydrogen) atoms. The summed E-state index contributed by atoms with van der Waals surface area (Å²) >= 11 is 7.44. The van der Waals surface area contributed by atoms with Gasteiger partial charge in [-0.2, -0.15) is 0 Å². The smallest absolute Gasteiger partial charge is 0.325 e. The Bertz CT molecular complexity index is 911. The van der Waals surface area contributed by atoms with Gasteiger partial charge in [0, 0.05) is 22.0 Å². The molecule has 1 aromatic heterocycles. The van der Waals surface area contributed by atoms with E-state index in [0.29, 0.717) is 18.0 Å². The summed E-state index contributed by atoms with van der Waals surface area (Å²) in [6, 6.07) is 8.50. The normalized spacial score (nSPS) is 21.3. The average molecular weight is 404 g/mol. The van der Waals surface area contributed by atoms with Crippen LogP contribution >= 0.6 is 22.9 Å². The lowest BCUT2D eigenvalue weighted by Crippen LogP contribution is -2.46. The second-order valence-corrected chi connectivity index (χ2v) is 8.18. The Balaban J connectivity index is 1.44. The molecule has 1 aliphatic heterocycles. The van der Waals surface area contributed by atoms with Crippen LogP contribution in [0.1, 0.15) is 28.8 Å². The molecule has 1 aliphatic carbocycles.